The molecule has 126 valence electrons. The molecule has 2 aliphatic rings. The van der Waals surface area contributed by atoms with Gasteiger partial charge in [-0.1, -0.05) is 41.9 Å². The Morgan fingerprint density at radius 3 is 2.60 bits per heavy atom. The Labute approximate surface area is 148 Å². The van der Waals surface area contributed by atoms with Crippen LogP contribution in [0.25, 0.3) is 0 Å². The zero-order valence-corrected chi connectivity index (χ0v) is 13.8. The van der Waals surface area contributed by atoms with Crippen molar-refractivity contribution in [3.8, 4) is 0 Å². The van der Waals surface area contributed by atoms with Crippen LogP contribution in [0, 0.1) is 5.82 Å². The third-order valence-electron chi connectivity index (χ3n) is 4.48. The van der Waals surface area contributed by atoms with E-state index in [2.05, 4.69) is 0 Å². The van der Waals surface area contributed by atoms with Crippen molar-refractivity contribution in [1.82, 2.24) is 0 Å². The first-order chi connectivity index (χ1) is 12.1. The normalized spacial score (nSPS) is 19.9. The molecule has 0 fully saturated rings. The maximum absolute atomic E-state index is 13.5. The number of ether oxygens (including phenoxy) is 1. The average molecular weight is 358 g/mol. The van der Waals surface area contributed by atoms with Gasteiger partial charge in [0.25, 0.3) is 0 Å². The number of halogens is 2. The van der Waals surface area contributed by atoms with Gasteiger partial charge in [0.15, 0.2) is 0 Å². The van der Waals surface area contributed by atoms with Crippen LogP contribution in [0.15, 0.2) is 59.8 Å². The van der Waals surface area contributed by atoms with Crippen LogP contribution >= 0.6 is 11.6 Å². The minimum absolute atomic E-state index is 0.0121. The van der Waals surface area contributed by atoms with Gasteiger partial charge in [0, 0.05) is 12.3 Å². The number of rotatable bonds is 2. The fourth-order valence-electron chi connectivity index (χ4n) is 3.35. The molecule has 1 amide bonds. The van der Waals surface area contributed by atoms with E-state index in [1.54, 1.807) is 0 Å². The van der Waals surface area contributed by atoms with Crippen LogP contribution in [0.3, 0.4) is 0 Å². The largest absolute Gasteiger partial charge is 0.456 e. The van der Waals surface area contributed by atoms with E-state index in [1.165, 1.54) is 23.1 Å². The van der Waals surface area contributed by atoms with Crippen molar-refractivity contribution < 1.29 is 18.7 Å². The molecular weight excluding hydrogens is 345 g/mol. The van der Waals surface area contributed by atoms with E-state index in [0.717, 1.165) is 5.56 Å². The minimum Gasteiger partial charge on any atom is -0.456 e. The molecule has 4 nitrogen and oxygen atoms in total. The number of anilines is 1. The third-order valence-corrected chi connectivity index (χ3v) is 4.77. The van der Waals surface area contributed by atoms with Gasteiger partial charge in [0.1, 0.15) is 12.4 Å². The Kier molecular flexibility index (Phi) is 3.81. The summed E-state index contributed by atoms with van der Waals surface area (Å²) in [5, 5.41) is -0.0807. The van der Waals surface area contributed by atoms with Crippen molar-refractivity contribution in [2.75, 3.05) is 11.5 Å². The average Bonchev–Trinajstić information content (AvgIpc) is 2.99. The fraction of sp³-hybridized carbons (Fsp3) is 0.158. The Morgan fingerprint density at radius 1 is 1.12 bits per heavy atom. The second-order valence-corrected chi connectivity index (χ2v) is 6.34. The van der Waals surface area contributed by atoms with E-state index in [1.807, 2.05) is 30.3 Å². The van der Waals surface area contributed by atoms with Crippen LogP contribution in [-0.4, -0.2) is 18.5 Å². The maximum atomic E-state index is 13.5. The lowest BCUT2D eigenvalue weighted by molar-refractivity contribution is -0.136. The summed E-state index contributed by atoms with van der Waals surface area (Å²) >= 11 is 5.85. The van der Waals surface area contributed by atoms with Gasteiger partial charge >= 0.3 is 5.97 Å². The summed E-state index contributed by atoms with van der Waals surface area (Å²) in [5.74, 6) is -1.51. The zero-order chi connectivity index (χ0) is 17.6. The molecule has 0 radical (unpaired) electrons. The van der Waals surface area contributed by atoms with Gasteiger partial charge < -0.3 is 4.74 Å². The number of carbonyl (C=O) groups is 2. The predicted molar refractivity (Wildman–Crippen MR) is 90.7 cm³/mol. The van der Waals surface area contributed by atoms with Crippen LogP contribution in [-0.2, 0) is 14.3 Å². The standard InChI is InChI=1S/C19H13ClFNO3/c20-14-8-12(6-7-15(14)21)22-16-10-25-19(24)18(16)13(9-17(22)23)11-4-2-1-3-5-11/h1-8,13H,9-10H2. The summed E-state index contributed by atoms with van der Waals surface area (Å²) in [5.41, 5.74) is 2.29. The molecule has 1 atom stereocenters. The van der Waals surface area contributed by atoms with E-state index in [4.69, 9.17) is 16.3 Å². The number of cyclic esters (lactones) is 1. The quantitative estimate of drug-likeness (QED) is 0.768. The monoisotopic (exact) mass is 357 g/mol. The summed E-state index contributed by atoms with van der Waals surface area (Å²) in [6.07, 6.45) is 0.132. The van der Waals surface area contributed by atoms with Crippen LogP contribution < -0.4 is 4.90 Å². The van der Waals surface area contributed by atoms with E-state index < -0.39 is 11.8 Å². The number of benzene rings is 2. The Morgan fingerprint density at radius 2 is 1.88 bits per heavy atom. The molecule has 0 spiro atoms. The van der Waals surface area contributed by atoms with E-state index in [9.17, 15) is 14.0 Å². The Hall–Kier alpha value is -2.66. The maximum Gasteiger partial charge on any atom is 0.336 e. The van der Waals surface area contributed by atoms with Gasteiger partial charge in [-0.05, 0) is 23.8 Å². The molecule has 4 rings (SSSR count). The Balaban J connectivity index is 1.84. The molecule has 0 saturated carbocycles. The van der Waals surface area contributed by atoms with Crippen LogP contribution in [0.4, 0.5) is 10.1 Å². The number of esters is 1. The first kappa shape index (κ1) is 15.8. The third kappa shape index (κ3) is 2.61. The summed E-state index contributed by atoms with van der Waals surface area (Å²) in [7, 11) is 0. The van der Waals surface area contributed by atoms with Crippen molar-refractivity contribution in [3.63, 3.8) is 0 Å². The van der Waals surface area contributed by atoms with Gasteiger partial charge in [0.05, 0.1) is 22.0 Å². The minimum atomic E-state index is -0.565. The van der Waals surface area contributed by atoms with Gasteiger partial charge in [-0.3, -0.25) is 9.69 Å². The smallest absolute Gasteiger partial charge is 0.336 e. The topological polar surface area (TPSA) is 46.6 Å². The summed E-state index contributed by atoms with van der Waals surface area (Å²) in [6.45, 7) is 0.0121. The molecule has 2 aromatic rings. The lowest BCUT2D eigenvalue weighted by Gasteiger charge is -2.32. The van der Waals surface area contributed by atoms with Crippen molar-refractivity contribution in [3.05, 3.63) is 76.2 Å². The molecule has 1 unspecified atom stereocenters. The van der Waals surface area contributed by atoms with E-state index in [0.29, 0.717) is 17.0 Å². The number of hydrogen-bond donors (Lipinski definition) is 0. The number of nitrogens with zero attached hydrogens (tertiary/aromatic N) is 1. The number of carbonyl (C=O) groups excluding carboxylic acids is 2. The molecule has 2 aliphatic heterocycles. The molecule has 0 aromatic heterocycles. The van der Waals surface area contributed by atoms with Gasteiger partial charge in [-0.2, -0.15) is 0 Å². The molecule has 0 aliphatic carbocycles. The summed E-state index contributed by atoms with van der Waals surface area (Å²) in [6, 6.07) is 13.4. The second-order valence-electron chi connectivity index (χ2n) is 5.93. The van der Waals surface area contributed by atoms with Gasteiger partial charge in [-0.15, -0.1) is 0 Å². The molecule has 0 saturated heterocycles. The SMILES string of the molecule is O=C1OCC2=C1C(c1ccccc1)CC(=O)N2c1ccc(F)c(Cl)c1. The van der Waals surface area contributed by atoms with Crippen LogP contribution in [0.5, 0.6) is 0 Å². The van der Waals surface area contributed by atoms with Gasteiger partial charge in [-0.25, -0.2) is 9.18 Å². The number of amides is 1. The number of hydrogen-bond acceptors (Lipinski definition) is 3. The van der Waals surface area contributed by atoms with Crippen LogP contribution in [0.1, 0.15) is 17.9 Å². The molecule has 0 bridgehead atoms. The highest BCUT2D eigenvalue weighted by Gasteiger charge is 2.42. The first-order valence-electron chi connectivity index (χ1n) is 7.79. The first-order valence-corrected chi connectivity index (χ1v) is 8.17. The summed E-state index contributed by atoms with van der Waals surface area (Å²) in [4.78, 5) is 26.5. The predicted octanol–water partition coefficient (Wildman–Crippen LogP) is 3.81. The van der Waals surface area contributed by atoms with Crippen LogP contribution in [0.2, 0.25) is 5.02 Å². The van der Waals surface area contributed by atoms with Gasteiger partial charge in [0.2, 0.25) is 5.91 Å². The van der Waals surface area contributed by atoms with Crippen molar-refractivity contribution in [2.45, 2.75) is 12.3 Å². The van der Waals surface area contributed by atoms with Crippen molar-refractivity contribution in [2.24, 2.45) is 0 Å². The highest BCUT2D eigenvalue weighted by Crippen LogP contribution is 2.42. The molecule has 6 heteroatoms. The summed E-state index contributed by atoms with van der Waals surface area (Å²) < 4.78 is 18.6. The van der Waals surface area contributed by atoms with E-state index in [-0.39, 0.29) is 29.9 Å². The molecule has 0 N–H and O–H groups in total. The highest BCUT2D eigenvalue weighted by molar-refractivity contribution is 6.31. The lowest BCUT2D eigenvalue weighted by atomic mass is 9.84. The molecule has 25 heavy (non-hydrogen) atoms. The molecule has 2 aromatic carbocycles. The molecular formula is C19H13ClFNO3. The second kappa shape index (κ2) is 6.01. The van der Waals surface area contributed by atoms with Crippen molar-refractivity contribution in [1.29, 1.82) is 0 Å². The highest BCUT2D eigenvalue weighted by atomic mass is 35.5. The fourth-order valence-corrected chi connectivity index (χ4v) is 3.52. The molecule has 2 heterocycles. The van der Waals surface area contributed by atoms with Crippen molar-refractivity contribution >= 4 is 29.2 Å². The lowest BCUT2D eigenvalue weighted by Crippen LogP contribution is -2.37. The Bertz CT molecular complexity index is 910. The zero-order valence-electron chi connectivity index (χ0n) is 13.0. The van der Waals surface area contributed by atoms with E-state index >= 15 is 0 Å².